The van der Waals surface area contributed by atoms with Gasteiger partial charge in [0.2, 0.25) is 0 Å². The molecular formula is C62H50N5OPt-3. The Bertz CT molecular complexity index is 4010. The molecule has 0 fully saturated rings. The van der Waals surface area contributed by atoms with E-state index in [-0.39, 0.29) is 31.9 Å². The molecule has 6 nitrogen and oxygen atoms in total. The average Bonchev–Trinajstić information content (AvgIpc) is 3.92. The summed E-state index contributed by atoms with van der Waals surface area (Å²) in [5, 5.41) is 8.55. The van der Waals surface area contributed by atoms with Gasteiger partial charge in [-0.15, -0.1) is 17.5 Å². The Balaban J connectivity index is 0.00000560. The third-order valence-electron chi connectivity index (χ3n) is 13.4. The van der Waals surface area contributed by atoms with Crippen molar-refractivity contribution in [2.75, 3.05) is 4.90 Å². The Morgan fingerprint density at radius 3 is 1.88 bits per heavy atom. The van der Waals surface area contributed by atoms with Crippen LogP contribution in [-0.4, -0.2) is 19.1 Å². The Morgan fingerprint density at radius 1 is 0.551 bits per heavy atom. The quantitative estimate of drug-likeness (QED) is 0.161. The van der Waals surface area contributed by atoms with E-state index < -0.39 is 6.85 Å². The predicted octanol–water partition coefficient (Wildman–Crippen LogP) is 16.2. The monoisotopic (exact) mass is 1080 g/mol. The van der Waals surface area contributed by atoms with Crippen LogP contribution >= 0.6 is 0 Å². The zero-order valence-corrected chi connectivity index (χ0v) is 41.5. The molecule has 0 unspecified atom stereocenters. The van der Waals surface area contributed by atoms with Gasteiger partial charge in [-0.1, -0.05) is 174 Å². The average molecular weight is 1080 g/mol. The SMILES string of the molecule is [2H]C([2H])([2H])c1cc(-c2cccc3c4ccccc4c4ccccc4c4cccc5c4n(c23)[CH-]N5c2[c-]c(Oc3[c-]c4c(cc3)c3ccccc3n4-c3cc(C(C)(C)C)ccn3)ccn2)cc(C(C)(C)C)c1.[Pt]. The number of hydrogen-bond donors (Lipinski definition) is 0. The molecule has 0 atom stereocenters. The molecule has 7 heteroatoms. The van der Waals surface area contributed by atoms with Gasteiger partial charge in [0, 0.05) is 54.1 Å². The number of aryl methyl sites for hydroxylation is 1. The van der Waals surface area contributed by atoms with Crippen LogP contribution in [0, 0.1) is 25.7 Å². The zero-order chi connectivity index (χ0) is 49.0. The van der Waals surface area contributed by atoms with E-state index >= 15 is 0 Å². The fourth-order valence-corrected chi connectivity index (χ4v) is 9.98. The number of nitrogens with zero attached hydrogens (tertiary/aromatic N) is 5. The van der Waals surface area contributed by atoms with Crippen LogP contribution in [0.25, 0.3) is 82.1 Å². The summed E-state index contributed by atoms with van der Waals surface area (Å²) >= 11 is 0. The van der Waals surface area contributed by atoms with E-state index in [1.54, 1.807) is 6.20 Å². The van der Waals surface area contributed by atoms with Gasteiger partial charge in [-0.05, 0) is 125 Å². The summed E-state index contributed by atoms with van der Waals surface area (Å²) in [6.07, 6.45) is 3.63. The van der Waals surface area contributed by atoms with Crippen LogP contribution in [0.5, 0.6) is 11.5 Å². The van der Waals surface area contributed by atoms with Crippen LogP contribution in [0.1, 0.15) is 62.3 Å². The molecule has 1 aliphatic heterocycles. The second-order valence-corrected chi connectivity index (χ2v) is 19.8. The van der Waals surface area contributed by atoms with E-state index in [0.717, 1.165) is 93.4 Å². The molecule has 0 N–H and O–H groups in total. The van der Waals surface area contributed by atoms with E-state index in [9.17, 15) is 0 Å². The summed E-state index contributed by atoms with van der Waals surface area (Å²) in [7, 11) is 0. The Labute approximate surface area is 421 Å². The fraction of sp³-hybridized carbons (Fsp3) is 0.145. The van der Waals surface area contributed by atoms with Gasteiger partial charge < -0.3 is 18.8 Å². The second kappa shape index (κ2) is 16.7. The molecule has 342 valence electrons. The van der Waals surface area contributed by atoms with Gasteiger partial charge in [0.15, 0.2) is 0 Å². The second-order valence-electron chi connectivity index (χ2n) is 19.8. The predicted molar refractivity (Wildman–Crippen MR) is 282 cm³/mol. The number of rotatable bonds is 5. The van der Waals surface area contributed by atoms with E-state index in [2.05, 4.69) is 208 Å². The number of anilines is 2. The number of pyridine rings is 2. The zero-order valence-electron chi connectivity index (χ0n) is 42.2. The van der Waals surface area contributed by atoms with Crippen molar-refractivity contribution >= 4 is 76.7 Å². The molecule has 0 radical (unpaired) electrons. The number of ether oxygens (including phenoxy) is 1. The minimum absolute atomic E-state index is 0. The number of hydrogen-bond acceptors (Lipinski definition) is 4. The van der Waals surface area contributed by atoms with Crippen LogP contribution in [0.15, 0.2) is 170 Å². The van der Waals surface area contributed by atoms with Crippen LogP contribution in [0.3, 0.4) is 0 Å². The van der Waals surface area contributed by atoms with E-state index in [4.69, 9.17) is 18.8 Å². The summed E-state index contributed by atoms with van der Waals surface area (Å²) in [4.78, 5) is 11.9. The van der Waals surface area contributed by atoms with Crippen LogP contribution < -0.4 is 9.64 Å². The number of aromatic nitrogens is 4. The van der Waals surface area contributed by atoms with Gasteiger partial charge in [0.25, 0.3) is 0 Å². The van der Waals surface area contributed by atoms with E-state index in [1.807, 2.05) is 30.5 Å². The number of benzene rings is 7. The summed E-state index contributed by atoms with van der Waals surface area (Å²) in [5.41, 5.74) is 8.47. The van der Waals surface area contributed by atoms with Gasteiger partial charge in [-0.3, -0.25) is 4.98 Å². The van der Waals surface area contributed by atoms with Crippen molar-refractivity contribution in [3.63, 3.8) is 0 Å². The minimum atomic E-state index is -2.31. The van der Waals surface area contributed by atoms with Crippen molar-refractivity contribution in [2.24, 2.45) is 0 Å². The normalized spacial score (nSPS) is 13.4. The smallest absolute Gasteiger partial charge is 0.135 e. The van der Waals surface area contributed by atoms with Gasteiger partial charge in [-0.25, -0.2) is 4.98 Å². The molecule has 12 rings (SSSR count). The summed E-state index contributed by atoms with van der Waals surface area (Å²) in [6, 6.07) is 61.4. The maximum Gasteiger partial charge on any atom is 0.135 e. The molecule has 0 saturated heterocycles. The summed E-state index contributed by atoms with van der Waals surface area (Å²) in [5.74, 6) is 2.35. The van der Waals surface area contributed by atoms with E-state index in [1.165, 1.54) is 5.56 Å². The van der Waals surface area contributed by atoms with Gasteiger partial charge >= 0.3 is 0 Å². The topological polar surface area (TPSA) is 48.1 Å². The van der Waals surface area contributed by atoms with Gasteiger partial charge in [0.05, 0.1) is 0 Å². The fourth-order valence-electron chi connectivity index (χ4n) is 9.98. The third-order valence-corrected chi connectivity index (χ3v) is 13.4. The molecule has 0 spiro atoms. The molecule has 0 aliphatic carbocycles. The van der Waals surface area contributed by atoms with Crippen LogP contribution in [0.2, 0.25) is 0 Å². The Morgan fingerprint density at radius 2 is 1.17 bits per heavy atom. The molecule has 1 aliphatic rings. The van der Waals surface area contributed by atoms with E-state index in [0.29, 0.717) is 22.9 Å². The summed E-state index contributed by atoms with van der Waals surface area (Å²) < 4.78 is 36.9. The molecule has 7 aromatic carbocycles. The van der Waals surface area contributed by atoms with Crippen molar-refractivity contribution in [3.8, 4) is 28.4 Å². The molecule has 69 heavy (non-hydrogen) atoms. The molecular weight excluding hydrogens is 1030 g/mol. The molecule has 4 aromatic heterocycles. The van der Waals surface area contributed by atoms with Crippen LogP contribution in [0.4, 0.5) is 11.5 Å². The standard InChI is InChI=1S/C62H50N5O.Pt/c1-39-32-40(34-42(33-39)62(5,6)7)45-21-14-22-52-48-18-10-8-16-46(48)47-17-9-11-19-49(47)53-23-15-25-55-60(53)66(59(45)52)38-65(55)57-37-44(29-31-63-57)68-43-26-27-51-50-20-12-13-24-54(50)67(56(51)36-43)58-35-41(28-30-64-58)61(2,3)4;/h8-35,38H,1-7H3;/q-3;/i1D3;. The minimum Gasteiger partial charge on any atom is -0.521 e. The number of fused-ring (bicyclic) bond motifs is 10. The maximum atomic E-state index is 8.59. The molecule has 0 bridgehead atoms. The number of para-hydroxylation sites is 3. The van der Waals surface area contributed by atoms with Gasteiger partial charge in [-0.2, -0.15) is 18.2 Å². The van der Waals surface area contributed by atoms with Gasteiger partial charge in [0.1, 0.15) is 5.82 Å². The van der Waals surface area contributed by atoms with Crippen molar-refractivity contribution in [1.82, 2.24) is 19.1 Å². The molecule has 5 heterocycles. The molecule has 0 amide bonds. The van der Waals surface area contributed by atoms with Crippen molar-refractivity contribution in [3.05, 3.63) is 206 Å². The summed E-state index contributed by atoms with van der Waals surface area (Å²) in [6.45, 7) is 12.8. The largest absolute Gasteiger partial charge is 0.521 e. The van der Waals surface area contributed by atoms with Crippen molar-refractivity contribution < 1.29 is 29.9 Å². The first-order chi connectivity index (χ1) is 34.1. The molecule has 0 saturated carbocycles. The third kappa shape index (κ3) is 7.50. The maximum absolute atomic E-state index is 8.59. The first-order valence-electron chi connectivity index (χ1n) is 24.6. The first-order valence-corrected chi connectivity index (χ1v) is 23.1. The van der Waals surface area contributed by atoms with Crippen molar-refractivity contribution in [2.45, 2.75) is 59.2 Å². The first kappa shape index (κ1) is 40.6. The van der Waals surface area contributed by atoms with Crippen molar-refractivity contribution in [1.29, 1.82) is 0 Å². The van der Waals surface area contributed by atoms with Crippen LogP contribution in [-0.2, 0) is 31.9 Å². The Kier molecular flexibility index (Phi) is 9.83. The Hall–Kier alpha value is -7.40. The molecule has 11 aromatic rings.